The summed E-state index contributed by atoms with van der Waals surface area (Å²) in [5.41, 5.74) is 5.70. The van der Waals surface area contributed by atoms with E-state index in [1.807, 2.05) is 18.2 Å². The summed E-state index contributed by atoms with van der Waals surface area (Å²) in [6, 6.07) is 8.50. The highest BCUT2D eigenvalue weighted by Gasteiger charge is 2.51. The number of hydrazine groups is 1. The van der Waals surface area contributed by atoms with Crippen molar-refractivity contribution in [3.63, 3.8) is 0 Å². The first-order valence-electron chi connectivity index (χ1n) is 10.2. The zero-order chi connectivity index (χ0) is 19.6. The molecule has 0 aliphatic heterocycles. The highest BCUT2D eigenvalue weighted by Crippen LogP contribution is 2.61. The van der Waals surface area contributed by atoms with Crippen LogP contribution in [0.3, 0.4) is 0 Å². The first kappa shape index (κ1) is 18.8. The Balaban J connectivity index is 1.17. The molecule has 7 heteroatoms. The second kappa shape index (κ2) is 7.81. The minimum atomic E-state index is -0.471. The Labute approximate surface area is 165 Å². The van der Waals surface area contributed by atoms with Gasteiger partial charge >= 0.3 is 6.03 Å². The molecule has 0 unspecified atom stereocenters. The lowest BCUT2D eigenvalue weighted by Crippen LogP contribution is -2.51. The lowest BCUT2D eigenvalue weighted by atomic mass is 9.49. The third kappa shape index (κ3) is 4.46. The quantitative estimate of drug-likeness (QED) is 0.587. The van der Waals surface area contributed by atoms with Crippen LogP contribution < -0.4 is 21.5 Å². The number of anilines is 1. The second-order valence-corrected chi connectivity index (χ2v) is 8.86. The monoisotopic (exact) mass is 384 g/mol. The lowest BCUT2D eigenvalue weighted by Gasteiger charge is -2.56. The molecule has 150 valence electrons. The van der Waals surface area contributed by atoms with Crippen LogP contribution in [0.2, 0.25) is 0 Å². The van der Waals surface area contributed by atoms with Gasteiger partial charge in [0.05, 0.1) is 0 Å². The highest BCUT2D eigenvalue weighted by molar-refractivity contribution is 5.92. The fourth-order valence-electron chi connectivity index (χ4n) is 5.93. The first-order valence-corrected chi connectivity index (χ1v) is 10.2. The molecule has 0 radical (unpaired) electrons. The second-order valence-electron chi connectivity index (χ2n) is 8.86. The van der Waals surface area contributed by atoms with Crippen LogP contribution >= 0.6 is 0 Å². The molecule has 4 bridgehead atoms. The van der Waals surface area contributed by atoms with E-state index in [9.17, 15) is 14.4 Å². The maximum absolute atomic E-state index is 12.4. The predicted octanol–water partition coefficient (Wildman–Crippen LogP) is 2.56. The SMILES string of the molecule is O=C(CNC(=O)Nc1ccccc1)NNC(=O)CC12CC3CC(CC(C3)C1)C2. The van der Waals surface area contributed by atoms with Crippen molar-refractivity contribution < 1.29 is 14.4 Å². The molecule has 4 saturated carbocycles. The summed E-state index contributed by atoms with van der Waals surface area (Å²) in [6.45, 7) is -0.212. The molecular weight excluding hydrogens is 356 g/mol. The van der Waals surface area contributed by atoms with Gasteiger partial charge in [0.2, 0.25) is 5.91 Å². The van der Waals surface area contributed by atoms with Crippen molar-refractivity contribution in [1.29, 1.82) is 0 Å². The standard InChI is InChI=1S/C21H28N4O3/c26-18(12-21-9-14-6-15(10-21)8-16(7-14)11-21)24-25-19(27)13-22-20(28)23-17-4-2-1-3-5-17/h1-5,14-16H,6-13H2,(H,24,26)(H,25,27)(H2,22,23,28). The van der Waals surface area contributed by atoms with Crippen LogP contribution in [0, 0.1) is 23.2 Å². The average Bonchev–Trinajstić information content (AvgIpc) is 2.64. The van der Waals surface area contributed by atoms with Gasteiger partial charge in [-0.25, -0.2) is 4.79 Å². The Bertz CT molecular complexity index is 714. The molecule has 4 amide bonds. The molecule has 1 aromatic rings. The van der Waals surface area contributed by atoms with Crippen molar-refractivity contribution in [3.8, 4) is 0 Å². The molecule has 7 nitrogen and oxygen atoms in total. The predicted molar refractivity (Wildman–Crippen MR) is 105 cm³/mol. The van der Waals surface area contributed by atoms with Crippen molar-refractivity contribution in [2.45, 2.75) is 44.9 Å². The van der Waals surface area contributed by atoms with Crippen molar-refractivity contribution in [2.24, 2.45) is 23.2 Å². The van der Waals surface area contributed by atoms with E-state index in [0.29, 0.717) is 12.1 Å². The van der Waals surface area contributed by atoms with Gasteiger partial charge in [-0.05, 0) is 73.8 Å². The van der Waals surface area contributed by atoms with Crippen molar-refractivity contribution in [2.75, 3.05) is 11.9 Å². The van der Waals surface area contributed by atoms with Gasteiger partial charge in [-0.1, -0.05) is 18.2 Å². The van der Waals surface area contributed by atoms with Crippen molar-refractivity contribution in [3.05, 3.63) is 30.3 Å². The fraction of sp³-hybridized carbons (Fsp3) is 0.571. The third-order valence-corrected chi connectivity index (χ3v) is 6.48. The molecule has 1 aromatic carbocycles. The molecule has 0 spiro atoms. The summed E-state index contributed by atoms with van der Waals surface area (Å²) < 4.78 is 0. The molecule has 0 heterocycles. The van der Waals surface area contributed by atoms with E-state index < -0.39 is 11.9 Å². The number of amides is 4. The summed E-state index contributed by atoms with van der Waals surface area (Å²) in [5.74, 6) is 1.79. The number of hydrogen-bond acceptors (Lipinski definition) is 3. The zero-order valence-corrected chi connectivity index (χ0v) is 16.0. The van der Waals surface area contributed by atoms with Gasteiger partial charge in [0.1, 0.15) is 6.54 Å². The van der Waals surface area contributed by atoms with E-state index in [4.69, 9.17) is 0 Å². The molecule has 28 heavy (non-hydrogen) atoms. The van der Waals surface area contributed by atoms with Gasteiger partial charge in [0.25, 0.3) is 5.91 Å². The average molecular weight is 384 g/mol. The van der Waals surface area contributed by atoms with E-state index in [0.717, 1.165) is 37.0 Å². The van der Waals surface area contributed by atoms with Crippen molar-refractivity contribution >= 4 is 23.5 Å². The summed E-state index contributed by atoms with van der Waals surface area (Å²) in [6.07, 6.45) is 7.97. The minimum Gasteiger partial charge on any atom is -0.329 e. The normalized spacial score (nSPS) is 29.8. The summed E-state index contributed by atoms with van der Waals surface area (Å²) in [7, 11) is 0. The van der Waals surface area contributed by atoms with E-state index in [2.05, 4.69) is 21.5 Å². The molecular formula is C21H28N4O3. The Morgan fingerprint density at radius 3 is 2.04 bits per heavy atom. The van der Waals surface area contributed by atoms with E-state index >= 15 is 0 Å². The summed E-state index contributed by atoms with van der Waals surface area (Å²) >= 11 is 0. The molecule has 4 N–H and O–H groups in total. The van der Waals surface area contributed by atoms with Gasteiger partial charge in [-0.2, -0.15) is 0 Å². The number of carbonyl (C=O) groups is 3. The largest absolute Gasteiger partial charge is 0.329 e. The number of rotatable bonds is 5. The van der Waals surface area contributed by atoms with Crippen LogP contribution in [-0.2, 0) is 9.59 Å². The molecule has 5 rings (SSSR count). The van der Waals surface area contributed by atoms with E-state index in [1.54, 1.807) is 12.1 Å². The number of benzene rings is 1. The maximum Gasteiger partial charge on any atom is 0.319 e. The number of hydrogen-bond donors (Lipinski definition) is 4. The Kier molecular flexibility index (Phi) is 5.24. The van der Waals surface area contributed by atoms with Crippen molar-refractivity contribution in [1.82, 2.24) is 16.2 Å². The minimum absolute atomic E-state index is 0.135. The van der Waals surface area contributed by atoms with E-state index in [1.165, 1.54) is 19.3 Å². The Morgan fingerprint density at radius 2 is 1.43 bits per heavy atom. The maximum atomic E-state index is 12.4. The van der Waals surface area contributed by atoms with Crippen LogP contribution in [0.4, 0.5) is 10.5 Å². The van der Waals surface area contributed by atoms with Crippen LogP contribution in [0.5, 0.6) is 0 Å². The Hall–Kier alpha value is -2.57. The van der Waals surface area contributed by atoms with Crippen LogP contribution in [0.15, 0.2) is 30.3 Å². The van der Waals surface area contributed by atoms with Crippen LogP contribution in [0.25, 0.3) is 0 Å². The molecule has 0 aromatic heterocycles. The highest BCUT2D eigenvalue weighted by atomic mass is 16.2. The summed E-state index contributed by atoms with van der Waals surface area (Å²) in [4.78, 5) is 36.1. The first-order chi connectivity index (χ1) is 13.5. The number of carbonyl (C=O) groups excluding carboxylic acids is 3. The molecule has 0 saturated heterocycles. The fourth-order valence-corrected chi connectivity index (χ4v) is 5.93. The van der Waals surface area contributed by atoms with Gasteiger partial charge < -0.3 is 10.6 Å². The lowest BCUT2D eigenvalue weighted by molar-refractivity contribution is -0.134. The summed E-state index contributed by atoms with van der Waals surface area (Å²) in [5, 5.41) is 5.10. The molecule has 4 fully saturated rings. The smallest absolute Gasteiger partial charge is 0.319 e. The molecule has 4 aliphatic carbocycles. The van der Waals surface area contributed by atoms with Crippen LogP contribution in [0.1, 0.15) is 44.9 Å². The zero-order valence-electron chi connectivity index (χ0n) is 16.0. The number of nitrogens with one attached hydrogen (secondary N) is 4. The van der Waals surface area contributed by atoms with Crippen LogP contribution in [-0.4, -0.2) is 24.4 Å². The van der Waals surface area contributed by atoms with Gasteiger partial charge in [0, 0.05) is 12.1 Å². The Morgan fingerprint density at radius 1 is 0.857 bits per heavy atom. The molecule has 4 aliphatic rings. The number of para-hydroxylation sites is 1. The van der Waals surface area contributed by atoms with E-state index in [-0.39, 0.29) is 17.9 Å². The van der Waals surface area contributed by atoms with Gasteiger partial charge in [-0.3, -0.25) is 20.4 Å². The number of urea groups is 1. The molecule has 0 atom stereocenters. The van der Waals surface area contributed by atoms with Gasteiger partial charge in [-0.15, -0.1) is 0 Å². The third-order valence-electron chi connectivity index (χ3n) is 6.48. The van der Waals surface area contributed by atoms with Gasteiger partial charge in [0.15, 0.2) is 0 Å². The topological polar surface area (TPSA) is 99.3 Å².